The van der Waals surface area contributed by atoms with E-state index < -0.39 is 63.8 Å². The molecule has 1 saturated carbocycles. The van der Waals surface area contributed by atoms with Crippen LogP contribution in [0.4, 0.5) is 13.2 Å². The molecule has 0 radical (unpaired) electrons. The van der Waals surface area contributed by atoms with E-state index in [1.54, 1.807) is 26.0 Å². The zero-order chi connectivity index (χ0) is 24.7. The fourth-order valence-corrected chi connectivity index (χ4v) is 5.38. The summed E-state index contributed by atoms with van der Waals surface area (Å²) in [5.41, 5.74) is 2.35. The van der Waals surface area contributed by atoms with Crippen LogP contribution in [0.3, 0.4) is 0 Å². The number of esters is 2. The van der Waals surface area contributed by atoms with E-state index >= 15 is 0 Å². The SMILES string of the molecule is Cc1cc(C)c(OC(=O)C2C3C=CC(CC3)C2C(=O)OC(CS(=O)(=O)O)C(F)(F)F)c(C)c1. The van der Waals surface area contributed by atoms with Gasteiger partial charge in [0, 0.05) is 0 Å². The average Bonchev–Trinajstić information content (AvgIpc) is 2.68. The van der Waals surface area contributed by atoms with E-state index in [9.17, 15) is 31.2 Å². The lowest BCUT2D eigenvalue weighted by Gasteiger charge is -2.42. The molecule has 7 nitrogen and oxygen atoms in total. The fraction of sp³-hybridized carbons (Fsp3) is 0.545. The first-order valence-electron chi connectivity index (χ1n) is 10.4. The monoisotopic (exact) mass is 490 g/mol. The summed E-state index contributed by atoms with van der Waals surface area (Å²) in [6, 6.07) is 3.63. The standard InChI is InChI=1S/C22H25F3O7S/c1-11-8-12(2)19(13(3)9-11)32-21(27)18-15-6-4-14(5-7-15)17(18)20(26)31-16(22(23,24)25)10-33(28,29)30/h4,6,8-9,14-18H,5,7,10H2,1-3H3,(H,28,29,30). The van der Waals surface area contributed by atoms with E-state index in [-0.39, 0.29) is 0 Å². The maximum atomic E-state index is 13.3. The Balaban J connectivity index is 1.88. The number of carbonyl (C=O) groups excluding carboxylic acids is 2. The third-order valence-electron chi connectivity index (χ3n) is 6.09. The molecule has 0 amide bonds. The molecule has 0 aromatic heterocycles. The summed E-state index contributed by atoms with van der Waals surface area (Å²) in [7, 11) is -5.08. The number of carbonyl (C=O) groups is 2. The van der Waals surface area contributed by atoms with Gasteiger partial charge in [0.15, 0.2) is 0 Å². The van der Waals surface area contributed by atoms with Crippen molar-refractivity contribution in [2.45, 2.75) is 45.9 Å². The zero-order valence-corrected chi connectivity index (χ0v) is 19.1. The molecule has 182 valence electrons. The van der Waals surface area contributed by atoms with Gasteiger partial charge in [0.25, 0.3) is 10.1 Å². The van der Waals surface area contributed by atoms with Crippen molar-refractivity contribution in [1.82, 2.24) is 0 Å². The second kappa shape index (κ2) is 9.09. The molecular formula is C22H25F3O7S. The van der Waals surface area contributed by atoms with Gasteiger partial charge in [0.05, 0.1) is 11.8 Å². The molecular weight excluding hydrogens is 465 g/mol. The number of halogens is 3. The molecule has 3 aliphatic carbocycles. The number of rotatable bonds is 6. The smallest absolute Gasteiger partial charge is 0.426 e. The minimum absolute atomic E-state index is 0.322. The van der Waals surface area contributed by atoms with Gasteiger partial charge in [-0.1, -0.05) is 29.8 Å². The van der Waals surface area contributed by atoms with Gasteiger partial charge in [0.1, 0.15) is 11.5 Å². The van der Waals surface area contributed by atoms with Crippen molar-refractivity contribution >= 4 is 22.1 Å². The highest BCUT2D eigenvalue weighted by molar-refractivity contribution is 7.85. The molecule has 33 heavy (non-hydrogen) atoms. The Kier molecular flexibility index (Phi) is 6.95. The highest BCUT2D eigenvalue weighted by Gasteiger charge is 2.53. The number of allylic oxidation sites excluding steroid dienone is 2. The maximum absolute atomic E-state index is 13.3. The van der Waals surface area contributed by atoms with Crippen LogP contribution in [-0.2, 0) is 24.4 Å². The average molecular weight is 490 g/mol. The van der Waals surface area contributed by atoms with Crippen molar-refractivity contribution in [1.29, 1.82) is 0 Å². The fourth-order valence-electron chi connectivity index (χ4n) is 4.74. The summed E-state index contributed by atoms with van der Waals surface area (Å²) >= 11 is 0. The summed E-state index contributed by atoms with van der Waals surface area (Å²) in [5, 5.41) is 0. The maximum Gasteiger partial charge on any atom is 0.426 e. The molecule has 0 aliphatic heterocycles. The highest BCUT2D eigenvalue weighted by atomic mass is 32.2. The topological polar surface area (TPSA) is 107 Å². The molecule has 0 heterocycles. The number of hydrogen-bond donors (Lipinski definition) is 1. The first kappa shape index (κ1) is 25.2. The Morgan fingerprint density at radius 3 is 1.94 bits per heavy atom. The van der Waals surface area contributed by atoms with Gasteiger partial charge < -0.3 is 9.47 Å². The van der Waals surface area contributed by atoms with Crippen LogP contribution in [0.25, 0.3) is 0 Å². The summed E-state index contributed by atoms with van der Waals surface area (Å²) in [6.45, 7) is 5.39. The molecule has 1 aromatic rings. The van der Waals surface area contributed by atoms with E-state index in [4.69, 9.17) is 9.29 Å². The Bertz CT molecular complexity index is 1050. The van der Waals surface area contributed by atoms with Gasteiger partial charge in [-0.2, -0.15) is 21.6 Å². The van der Waals surface area contributed by atoms with Crippen LogP contribution in [0.15, 0.2) is 24.3 Å². The molecule has 1 aromatic carbocycles. The first-order chi connectivity index (χ1) is 15.2. The predicted molar refractivity (Wildman–Crippen MR) is 111 cm³/mol. The molecule has 5 atom stereocenters. The second-order valence-corrected chi connectivity index (χ2v) is 10.2. The Morgan fingerprint density at radius 2 is 1.52 bits per heavy atom. The van der Waals surface area contributed by atoms with Gasteiger partial charge in [-0.05, 0) is 56.6 Å². The van der Waals surface area contributed by atoms with Crippen LogP contribution in [0.2, 0.25) is 0 Å². The van der Waals surface area contributed by atoms with Gasteiger partial charge >= 0.3 is 18.1 Å². The lowest BCUT2D eigenvalue weighted by atomic mass is 9.62. The largest absolute Gasteiger partial charge is 0.451 e. The molecule has 1 N–H and O–H groups in total. The Hall–Kier alpha value is -2.40. The number of hydrogen-bond acceptors (Lipinski definition) is 6. The zero-order valence-electron chi connectivity index (χ0n) is 18.3. The lowest BCUT2D eigenvalue weighted by Crippen LogP contribution is -2.49. The van der Waals surface area contributed by atoms with Gasteiger partial charge in [0.2, 0.25) is 6.10 Å². The van der Waals surface area contributed by atoms with E-state index in [0.717, 1.165) is 5.56 Å². The van der Waals surface area contributed by atoms with Crippen molar-refractivity contribution in [2.75, 3.05) is 5.75 Å². The van der Waals surface area contributed by atoms with Crippen molar-refractivity contribution in [3.8, 4) is 5.75 Å². The van der Waals surface area contributed by atoms with Crippen LogP contribution in [0.1, 0.15) is 29.5 Å². The van der Waals surface area contributed by atoms with E-state index in [1.807, 2.05) is 19.1 Å². The quantitative estimate of drug-likeness (QED) is 0.280. The third kappa shape index (κ3) is 5.75. The molecule has 0 spiro atoms. The van der Waals surface area contributed by atoms with Crippen molar-refractivity contribution in [2.24, 2.45) is 23.7 Å². The lowest BCUT2D eigenvalue weighted by molar-refractivity contribution is -0.220. The van der Waals surface area contributed by atoms with Gasteiger partial charge in [-0.25, -0.2) is 0 Å². The minimum Gasteiger partial charge on any atom is -0.451 e. The Labute approximate surface area is 189 Å². The Morgan fingerprint density at radius 1 is 1.03 bits per heavy atom. The number of alkyl halides is 3. The molecule has 2 bridgehead atoms. The molecule has 11 heteroatoms. The van der Waals surface area contributed by atoms with Gasteiger partial charge in [-0.15, -0.1) is 0 Å². The van der Waals surface area contributed by atoms with Crippen molar-refractivity contribution in [3.05, 3.63) is 41.0 Å². The molecule has 1 fully saturated rings. The van der Waals surface area contributed by atoms with Crippen LogP contribution < -0.4 is 4.74 Å². The van der Waals surface area contributed by atoms with E-state index in [2.05, 4.69) is 4.74 Å². The molecule has 0 saturated heterocycles. The molecule has 3 aliphatic rings. The number of ether oxygens (including phenoxy) is 2. The summed E-state index contributed by atoms with van der Waals surface area (Å²) in [5.74, 6) is -6.95. The van der Waals surface area contributed by atoms with Crippen molar-refractivity contribution in [3.63, 3.8) is 0 Å². The highest BCUT2D eigenvalue weighted by Crippen LogP contribution is 2.46. The van der Waals surface area contributed by atoms with Crippen LogP contribution in [-0.4, -0.2) is 42.9 Å². The second-order valence-electron chi connectivity index (χ2n) is 8.71. The molecule has 5 unspecified atom stereocenters. The number of aryl methyl sites for hydroxylation is 3. The molecule has 4 rings (SSSR count). The van der Waals surface area contributed by atoms with Crippen LogP contribution >= 0.6 is 0 Å². The van der Waals surface area contributed by atoms with E-state index in [0.29, 0.717) is 29.7 Å². The first-order valence-corrected chi connectivity index (χ1v) is 12.0. The number of fused-ring (bicyclic) bond motifs is 2. The normalized spacial score (nSPS) is 25.5. The minimum atomic E-state index is -5.22. The van der Waals surface area contributed by atoms with Crippen molar-refractivity contribution < 1.29 is 45.2 Å². The summed E-state index contributed by atoms with van der Waals surface area (Å²) in [4.78, 5) is 26.0. The summed E-state index contributed by atoms with van der Waals surface area (Å²) in [6.07, 6.45) is -3.86. The van der Waals surface area contributed by atoms with Crippen LogP contribution in [0.5, 0.6) is 5.75 Å². The predicted octanol–water partition coefficient (Wildman–Crippen LogP) is 3.71. The van der Waals surface area contributed by atoms with Gasteiger partial charge in [-0.3, -0.25) is 14.1 Å². The summed E-state index contributed by atoms with van der Waals surface area (Å²) < 4.78 is 80.8. The van der Waals surface area contributed by atoms with Crippen LogP contribution in [0, 0.1) is 44.4 Å². The third-order valence-corrected chi connectivity index (χ3v) is 6.81. The number of benzene rings is 1. The van der Waals surface area contributed by atoms with E-state index in [1.165, 1.54) is 0 Å².